The van der Waals surface area contributed by atoms with Crippen LogP contribution in [0.1, 0.15) is 76.3 Å². The molecule has 1 aliphatic heterocycles. The zero-order chi connectivity index (χ0) is 33.8. The van der Waals surface area contributed by atoms with Gasteiger partial charge < -0.3 is 33.9 Å². The number of carbonyl (C=O) groups excluding carboxylic acids is 3. The summed E-state index contributed by atoms with van der Waals surface area (Å²) in [4.78, 5) is 52.5. The third kappa shape index (κ3) is 10.8. The van der Waals surface area contributed by atoms with E-state index in [4.69, 9.17) is 24.1 Å². The van der Waals surface area contributed by atoms with Gasteiger partial charge in [0.2, 0.25) is 5.91 Å². The van der Waals surface area contributed by atoms with Crippen LogP contribution in [0.2, 0.25) is 0 Å². The molecule has 0 unspecified atom stereocenters. The van der Waals surface area contributed by atoms with Crippen LogP contribution in [0.4, 0.5) is 4.79 Å². The van der Waals surface area contributed by atoms with Crippen LogP contribution >= 0.6 is 0 Å². The van der Waals surface area contributed by atoms with Crippen LogP contribution in [0.3, 0.4) is 0 Å². The number of fused-ring (bicyclic) bond motifs is 3. The van der Waals surface area contributed by atoms with Crippen molar-refractivity contribution < 1.29 is 43.2 Å². The second-order valence-electron chi connectivity index (χ2n) is 12.9. The fourth-order valence-corrected chi connectivity index (χ4v) is 6.12. The molecule has 0 spiro atoms. The molecule has 11 heteroatoms. The average molecular weight is 653 g/mol. The molecule has 2 aliphatic rings. The lowest BCUT2D eigenvalue weighted by molar-refractivity contribution is -0.156. The number of rotatable bonds is 16. The number of hydrogen-bond donors (Lipinski definition) is 1. The number of carboxylic acid groups (broad SMARTS) is 1. The maximum atomic E-state index is 13.2. The van der Waals surface area contributed by atoms with Crippen molar-refractivity contribution in [2.75, 3.05) is 52.7 Å². The van der Waals surface area contributed by atoms with Gasteiger partial charge >= 0.3 is 18.0 Å². The first kappa shape index (κ1) is 35.9. The van der Waals surface area contributed by atoms with E-state index < -0.39 is 11.6 Å². The van der Waals surface area contributed by atoms with Crippen LogP contribution in [0.25, 0.3) is 11.1 Å². The minimum Gasteiger partial charge on any atom is -0.481 e. The number of hydrogen-bond acceptors (Lipinski definition) is 8. The smallest absolute Gasteiger partial charge is 0.409 e. The van der Waals surface area contributed by atoms with Crippen molar-refractivity contribution in [1.29, 1.82) is 0 Å². The fourth-order valence-electron chi connectivity index (χ4n) is 6.12. The molecule has 47 heavy (non-hydrogen) atoms. The number of carboxylic acids is 1. The van der Waals surface area contributed by atoms with Gasteiger partial charge in [-0.3, -0.25) is 14.4 Å². The summed E-state index contributed by atoms with van der Waals surface area (Å²) in [6.45, 7) is 8.06. The van der Waals surface area contributed by atoms with E-state index >= 15 is 0 Å². The molecule has 0 aromatic heterocycles. The number of amides is 2. The Hall–Kier alpha value is -3.96. The van der Waals surface area contributed by atoms with Gasteiger partial charge in [-0.25, -0.2) is 4.79 Å². The topological polar surface area (TPSA) is 132 Å². The molecule has 4 rings (SSSR count). The molecule has 11 nitrogen and oxygen atoms in total. The molecule has 1 fully saturated rings. The minimum atomic E-state index is -0.934. The highest BCUT2D eigenvalue weighted by Crippen LogP contribution is 2.44. The molecule has 2 aromatic carbocycles. The third-order valence-corrected chi connectivity index (χ3v) is 8.32. The molecule has 1 N–H and O–H groups in total. The standard InChI is InChI=1S/C36H48N2O9/c1-36(2,3)47-34(42)17-21-44-23-24-45-22-20-38(32(39)13-8-14-33(40)41)26-15-18-37(19-16-26)35(43)46-25-31-29-11-6-4-9-27(29)28-10-5-7-12-30(28)31/h4-7,9-12,26,31H,8,13-25H2,1-3H3,(H,40,41). The van der Waals surface area contributed by atoms with Gasteiger partial charge in [0.05, 0.1) is 32.8 Å². The van der Waals surface area contributed by atoms with E-state index in [-0.39, 0.29) is 75.4 Å². The molecular formula is C36H48N2O9. The van der Waals surface area contributed by atoms with E-state index in [0.29, 0.717) is 45.7 Å². The third-order valence-electron chi connectivity index (χ3n) is 8.32. The highest BCUT2D eigenvalue weighted by atomic mass is 16.6. The normalized spacial score (nSPS) is 14.7. The second kappa shape index (κ2) is 17.3. The van der Waals surface area contributed by atoms with E-state index in [2.05, 4.69) is 24.3 Å². The molecule has 0 saturated carbocycles. The fraction of sp³-hybridized carbons (Fsp3) is 0.556. The van der Waals surface area contributed by atoms with Gasteiger partial charge in [-0.1, -0.05) is 48.5 Å². The van der Waals surface area contributed by atoms with Crippen molar-refractivity contribution in [3.63, 3.8) is 0 Å². The van der Waals surface area contributed by atoms with Crippen molar-refractivity contribution in [1.82, 2.24) is 9.80 Å². The number of carbonyl (C=O) groups is 4. The van der Waals surface area contributed by atoms with Crippen LogP contribution in [-0.2, 0) is 33.3 Å². The molecule has 0 radical (unpaired) electrons. The first-order valence-corrected chi connectivity index (χ1v) is 16.5. The Morgan fingerprint density at radius 3 is 2.02 bits per heavy atom. The van der Waals surface area contributed by atoms with Gasteiger partial charge in [-0.05, 0) is 62.3 Å². The van der Waals surface area contributed by atoms with E-state index in [1.807, 2.05) is 45.0 Å². The van der Waals surface area contributed by atoms with Crippen molar-refractivity contribution in [3.05, 3.63) is 59.7 Å². The Morgan fingerprint density at radius 1 is 0.830 bits per heavy atom. The number of likely N-dealkylation sites (tertiary alicyclic amines) is 1. The Balaban J connectivity index is 1.22. The Kier molecular flexibility index (Phi) is 13.2. The predicted octanol–water partition coefficient (Wildman–Crippen LogP) is 5.25. The second-order valence-corrected chi connectivity index (χ2v) is 12.9. The lowest BCUT2D eigenvalue weighted by atomic mass is 9.98. The maximum Gasteiger partial charge on any atom is 0.409 e. The lowest BCUT2D eigenvalue weighted by Crippen LogP contribution is -2.50. The van der Waals surface area contributed by atoms with Crippen LogP contribution in [0, 0.1) is 0 Å². The van der Waals surface area contributed by atoms with Crippen LogP contribution in [0.5, 0.6) is 0 Å². The first-order chi connectivity index (χ1) is 22.5. The lowest BCUT2D eigenvalue weighted by Gasteiger charge is -2.38. The summed E-state index contributed by atoms with van der Waals surface area (Å²) >= 11 is 0. The Bertz CT molecular complexity index is 1320. The molecule has 2 amide bonds. The number of ether oxygens (including phenoxy) is 4. The van der Waals surface area contributed by atoms with Gasteiger partial charge in [0, 0.05) is 44.4 Å². The Morgan fingerprint density at radius 2 is 1.43 bits per heavy atom. The first-order valence-electron chi connectivity index (χ1n) is 16.5. The van der Waals surface area contributed by atoms with Gasteiger partial charge in [0.15, 0.2) is 0 Å². The predicted molar refractivity (Wildman–Crippen MR) is 175 cm³/mol. The molecule has 0 atom stereocenters. The monoisotopic (exact) mass is 652 g/mol. The van der Waals surface area contributed by atoms with Crippen LogP contribution < -0.4 is 0 Å². The highest BCUT2D eigenvalue weighted by Gasteiger charge is 2.32. The summed E-state index contributed by atoms with van der Waals surface area (Å²) in [6.07, 6.45) is 1.29. The summed E-state index contributed by atoms with van der Waals surface area (Å²) in [5.41, 5.74) is 4.13. The molecule has 1 saturated heterocycles. The highest BCUT2D eigenvalue weighted by molar-refractivity contribution is 5.79. The van der Waals surface area contributed by atoms with E-state index in [9.17, 15) is 19.2 Å². The molecular weight excluding hydrogens is 604 g/mol. The summed E-state index contributed by atoms with van der Waals surface area (Å²) in [6, 6.07) is 16.3. The van der Waals surface area contributed by atoms with E-state index in [1.165, 1.54) is 11.1 Å². The van der Waals surface area contributed by atoms with Crippen LogP contribution in [-0.4, -0.2) is 103 Å². The van der Waals surface area contributed by atoms with Gasteiger partial charge in [-0.15, -0.1) is 0 Å². The number of esters is 1. The zero-order valence-electron chi connectivity index (χ0n) is 27.8. The van der Waals surface area contributed by atoms with Gasteiger partial charge in [-0.2, -0.15) is 0 Å². The van der Waals surface area contributed by atoms with Crippen molar-refractivity contribution >= 4 is 23.9 Å². The molecule has 0 bridgehead atoms. The van der Waals surface area contributed by atoms with Gasteiger partial charge in [0.1, 0.15) is 12.2 Å². The minimum absolute atomic E-state index is 0.0156. The average Bonchev–Trinajstić information content (AvgIpc) is 3.35. The van der Waals surface area contributed by atoms with Gasteiger partial charge in [0.25, 0.3) is 0 Å². The molecule has 1 aliphatic carbocycles. The number of nitrogens with zero attached hydrogens (tertiary/aromatic N) is 2. The van der Waals surface area contributed by atoms with Crippen LogP contribution in [0.15, 0.2) is 48.5 Å². The number of benzene rings is 2. The summed E-state index contributed by atoms with van der Waals surface area (Å²) in [5.74, 6) is -1.39. The summed E-state index contributed by atoms with van der Waals surface area (Å²) in [5, 5.41) is 9.01. The molecule has 256 valence electrons. The van der Waals surface area contributed by atoms with E-state index in [1.54, 1.807) is 9.80 Å². The largest absolute Gasteiger partial charge is 0.481 e. The Labute approximate surface area is 277 Å². The maximum absolute atomic E-state index is 13.2. The SMILES string of the molecule is CC(C)(C)OC(=O)CCOCCOCCN(C(=O)CCCC(=O)O)C1CCN(C(=O)OCC2c3ccccc3-c3ccccc32)CC1. The molecule has 2 aromatic rings. The quantitative estimate of drug-likeness (QED) is 0.191. The van der Waals surface area contributed by atoms with E-state index in [0.717, 1.165) is 11.1 Å². The van der Waals surface area contributed by atoms with Crippen molar-refractivity contribution in [2.24, 2.45) is 0 Å². The van der Waals surface area contributed by atoms with Crippen molar-refractivity contribution in [3.8, 4) is 11.1 Å². The molecule has 1 heterocycles. The number of aliphatic carboxylic acids is 1. The number of piperidine rings is 1. The summed E-state index contributed by atoms with van der Waals surface area (Å²) < 4.78 is 22.3. The zero-order valence-corrected chi connectivity index (χ0v) is 27.8. The van der Waals surface area contributed by atoms with Crippen molar-refractivity contribution in [2.45, 2.75) is 76.9 Å². The summed E-state index contributed by atoms with van der Waals surface area (Å²) in [7, 11) is 0.